The second kappa shape index (κ2) is 5.24. The fourth-order valence-corrected chi connectivity index (χ4v) is 2.92. The van der Waals surface area contributed by atoms with Crippen molar-refractivity contribution in [3.63, 3.8) is 0 Å². The average Bonchev–Trinajstić information content (AvgIpc) is 2.75. The fraction of sp³-hybridized carbons (Fsp3) is 0.143. The predicted molar refractivity (Wildman–Crippen MR) is 80.9 cm³/mol. The largest absolute Gasteiger partial charge is 0.433 e. The second-order valence-electron chi connectivity index (χ2n) is 4.64. The summed E-state index contributed by atoms with van der Waals surface area (Å²) in [6.45, 7) is 1.70. The minimum atomic E-state index is -4.57. The molecule has 3 aromatic rings. The maximum Gasteiger partial charge on any atom is 0.433 e. The third kappa shape index (κ3) is 2.48. The minimum absolute atomic E-state index is 0.0734. The summed E-state index contributed by atoms with van der Waals surface area (Å²) in [5.41, 5.74) is 0.793. The zero-order valence-corrected chi connectivity index (χ0v) is 13.5. The number of halogens is 5. The molecule has 0 unspecified atom stereocenters. The average molecular weight is 391 g/mol. The predicted octanol–water partition coefficient (Wildman–Crippen LogP) is 5.14. The highest BCUT2D eigenvalue weighted by atomic mass is 79.9. The maximum atomic E-state index is 13.0. The number of aryl methyl sites for hydroxylation is 1. The molecule has 0 N–H and O–H groups in total. The molecule has 2 aromatic heterocycles. The molecule has 0 bridgehead atoms. The Kier molecular flexibility index (Phi) is 3.65. The molecule has 114 valence electrons. The maximum absolute atomic E-state index is 13.0. The number of rotatable bonds is 1. The molecule has 0 aliphatic rings. The lowest BCUT2D eigenvalue weighted by atomic mass is 10.1. The normalized spacial score (nSPS) is 12.1. The van der Waals surface area contributed by atoms with Crippen LogP contribution in [-0.2, 0) is 6.18 Å². The van der Waals surface area contributed by atoms with Crippen LogP contribution in [0.1, 0.15) is 11.4 Å². The molecular weight excluding hydrogens is 383 g/mol. The van der Waals surface area contributed by atoms with Crippen molar-refractivity contribution in [3.05, 3.63) is 51.3 Å². The van der Waals surface area contributed by atoms with E-state index in [1.165, 1.54) is 4.52 Å². The molecular formula is C14H8BrClF3N3. The molecule has 0 aliphatic heterocycles. The van der Waals surface area contributed by atoms with E-state index in [0.717, 1.165) is 10.5 Å². The van der Waals surface area contributed by atoms with Crippen LogP contribution in [-0.4, -0.2) is 14.6 Å². The Morgan fingerprint density at radius 3 is 2.55 bits per heavy atom. The van der Waals surface area contributed by atoms with Crippen LogP contribution >= 0.6 is 27.5 Å². The SMILES string of the molecule is Cc1nn2c(Cl)cc(C(F)(F)F)nc2c1-c1ccccc1Br. The molecule has 3 nitrogen and oxygen atoms in total. The molecule has 0 aliphatic carbocycles. The zero-order valence-electron chi connectivity index (χ0n) is 11.1. The molecule has 0 amide bonds. The summed E-state index contributed by atoms with van der Waals surface area (Å²) in [6.07, 6.45) is -4.57. The number of benzene rings is 1. The standard InChI is InChI=1S/C14H8BrClF3N3/c1-7-12(8-4-2-3-5-9(8)15)13-20-10(14(17,18)19)6-11(16)22(13)21-7/h2-6H,1H3. The molecule has 2 heterocycles. The Bertz CT molecular complexity index is 874. The summed E-state index contributed by atoms with van der Waals surface area (Å²) in [5, 5.41) is 4.05. The lowest BCUT2D eigenvalue weighted by Crippen LogP contribution is -2.10. The van der Waals surface area contributed by atoms with Crippen molar-refractivity contribution in [1.82, 2.24) is 14.6 Å². The topological polar surface area (TPSA) is 30.2 Å². The lowest BCUT2D eigenvalue weighted by molar-refractivity contribution is -0.141. The van der Waals surface area contributed by atoms with Crippen molar-refractivity contribution in [2.75, 3.05) is 0 Å². The van der Waals surface area contributed by atoms with Crippen molar-refractivity contribution < 1.29 is 13.2 Å². The van der Waals surface area contributed by atoms with Crippen LogP contribution in [0.2, 0.25) is 5.15 Å². The first-order chi connectivity index (χ1) is 10.3. The van der Waals surface area contributed by atoms with E-state index in [9.17, 15) is 13.2 Å². The molecule has 0 fully saturated rings. The summed E-state index contributed by atoms with van der Waals surface area (Å²) in [5.74, 6) is 0. The number of fused-ring (bicyclic) bond motifs is 1. The van der Waals surface area contributed by atoms with Gasteiger partial charge < -0.3 is 0 Å². The molecule has 1 aromatic carbocycles. The van der Waals surface area contributed by atoms with E-state index in [1.807, 2.05) is 6.07 Å². The van der Waals surface area contributed by atoms with Gasteiger partial charge in [-0.05, 0) is 13.0 Å². The minimum Gasteiger partial charge on any atom is -0.223 e. The molecule has 3 rings (SSSR count). The van der Waals surface area contributed by atoms with Crippen LogP contribution in [0.3, 0.4) is 0 Å². The molecule has 0 saturated carbocycles. The molecule has 22 heavy (non-hydrogen) atoms. The van der Waals surface area contributed by atoms with E-state index in [0.29, 0.717) is 16.8 Å². The van der Waals surface area contributed by atoms with Crippen molar-refractivity contribution in [2.45, 2.75) is 13.1 Å². The number of alkyl halides is 3. The Morgan fingerprint density at radius 1 is 1.23 bits per heavy atom. The van der Waals surface area contributed by atoms with Gasteiger partial charge in [-0.25, -0.2) is 9.50 Å². The highest BCUT2D eigenvalue weighted by Crippen LogP contribution is 2.36. The third-order valence-electron chi connectivity index (χ3n) is 3.15. The summed E-state index contributed by atoms with van der Waals surface area (Å²) in [4.78, 5) is 3.72. The Labute approximate surface area is 136 Å². The van der Waals surface area contributed by atoms with Gasteiger partial charge in [0, 0.05) is 16.1 Å². The van der Waals surface area contributed by atoms with Gasteiger partial charge in [-0.1, -0.05) is 45.7 Å². The van der Waals surface area contributed by atoms with E-state index in [-0.39, 0.29) is 10.8 Å². The van der Waals surface area contributed by atoms with Crippen LogP contribution in [0.25, 0.3) is 16.8 Å². The summed E-state index contributed by atoms with van der Waals surface area (Å²) in [6, 6.07) is 7.96. The van der Waals surface area contributed by atoms with Gasteiger partial charge in [0.2, 0.25) is 0 Å². The first-order valence-corrected chi connectivity index (χ1v) is 7.34. The Hall–Kier alpha value is -1.60. The number of nitrogens with zero attached hydrogens (tertiary/aromatic N) is 3. The van der Waals surface area contributed by atoms with E-state index >= 15 is 0 Å². The summed E-state index contributed by atoms with van der Waals surface area (Å²) < 4.78 is 40.8. The number of hydrogen-bond donors (Lipinski definition) is 0. The van der Waals surface area contributed by atoms with Gasteiger partial charge in [-0.15, -0.1) is 0 Å². The molecule has 0 atom stereocenters. The van der Waals surface area contributed by atoms with E-state index < -0.39 is 11.9 Å². The van der Waals surface area contributed by atoms with Crippen LogP contribution in [0.15, 0.2) is 34.8 Å². The third-order valence-corrected chi connectivity index (χ3v) is 4.11. The molecule has 8 heteroatoms. The van der Waals surface area contributed by atoms with Crippen LogP contribution in [0, 0.1) is 6.92 Å². The van der Waals surface area contributed by atoms with Crippen LogP contribution in [0.4, 0.5) is 13.2 Å². The van der Waals surface area contributed by atoms with Gasteiger partial charge in [0.1, 0.15) is 10.8 Å². The molecule has 0 saturated heterocycles. The van der Waals surface area contributed by atoms with E-state index in [2.05, 4.69) is 26.0 Å². The Morgan fingerprint density at radius 2 is 1.91 bits per heavy atom. The number of aromatic nitrogens is 3. The zero-order chi connectivity index (χ0) is 16.1. The molecule has 0 spiro atoms. The van der Waals surface area contributed by atoms with Crippen molar-refractivity contribution >= 4 is 33.2 Å². The van der Waals surface area contributed by atoms with E-state index in [1.54, 1.807) is 25.1 Å². The van der Waals surface area contributed by atoms with Gasteiger partial charge in [0.15, 0.2) is 5.65 Å². The number of hydrogen-bond acceptors (Lipinski definition) is 2. The smallest absolute Gasteiger partial charge is 0.223 e. The van der Waals surface area contributed by atoms with Gasteiger partial charge in [0.05, 0.1) is 11.3 Å². The van der Waals surface area contributed by atoms with Crippen molar-refractivity contribution in [1.29, 1.82) is 0 Å². The van der Waals surface area contributed by atoms with Crippen LogP contribution < -0.4 is 0 Å². The van der Waals surface area contributed by atoms with Crippen molar-refractivity contribution in [3.8, 4) is 11.1 Å². The van der Waals surface area contributed by atoms with Gasteiger partial charge in [-0.3, -0.25) is 0 Å². The van der Waals surface area contributed by atoms with Crippen LogP contribution in [0.5, 0.6) is 0 Å². The quantitative estimate of drug-likeness (QED) is 0.539. The Balaban J connectivity index is 2.38. The summed E-state index contributed by atoms with van der Waals surface area (Å²) >= 11 is 9.32. The van der Waals surface area contributed by atoms with Crippen molar-refractivity contribution in [2.24, 2.45) is 0 Å². The summed E-state index contributed by atoms with van der Waals surface area (Å²) in [7, 11) is 0. The van der Waals surface area contributed by atoms with Gasteiger partial charge >= 0.3 is 6.18 Å². The second-order valence-corrected chi connectivity index (χ2v) is 5.88. The first kappa shape index (κ1) is 15.3. The lowest BCUT2D eigenvalue weighted by Gasteiger charge is -2.08. The van der Waals surface area contributed by atoms with Gasteiger partial charge in [0.25, 0.3) is 0 Å². The highest BCUT2D eigenvalue weighted by Gasteiger charge is 2.34. The van der Waals surface area contributed by atoms with E-state index in [4.69, 9.17) is 11.6 Å². The monoisotopic (exact) mass is 389 g/mol. The first-order valence-electron chi connectivity index (χ1n) is 6.17. The molecule has 0 radical (unpaired) electrons. The highest BCUT2D eigenvalue weighted by molar-refractivity contribution is 9.10. The van der Waals surface area contributed by atoms with Gasteiger partial charge in [-0.2, -0.15) is 18.3 Å². The fourth-order valence-electron chi connectivity index (χ4n) is 2.21.